The first-order chi connectivity index (χ1) is 15.7. The zero-order valence-corrected chi connectivity index (χ0v) is 19.5. The van der Waals surface area contributed by atoms with Gasteiger partial charge in [-0.25, -0.2) is 13.4 Å². The molecule has 0 bridgehead atoms. The van der Waals surface area contributed by atoms with E-state index in [1.54, 1.807) is 0 Å². The summed E-state index contributed by atoms with van der Waals surface area (Å²) in [7, 11) is -3.12. The van der Waals surface area contributed by atoms with Crippen LogP contribution in [0.3, 0.4) is 0 Å². The van der Waals surface area contributed by atoms with Crippen LogP contribution >= 0.6 is 11.6 Å². The van der Waals surface area contributed by atoms with Gasteiger partial charge >= 0.3 is 6.18 Å². The van der Waals surface area contributed by atoms with Gasteiger partial charge in [-0.05, 0) is 49.7 Å². The van der Waals surface area contributed by atoms with Crippen molar-refractivity contribution in [3.05, 3.63) is 69.6 Å². The summed E-state index contributed by atoms with van der Waals surface area (Å²) in [6.45, 7) is 2.37. The topological polar surface area (TPSA) is 105 Å². The molecule has 3 rings (SSSR count). The highest BCUT2D eigenvalue weighted by atomic mass is 35.5. The molecule has 0 saturated heterocycles. The van der Waals surface area contributed by atoms with Crippen LogP contribution in [0.25, 0.3) is 0 Å². The summed E-state index contributed by atoms with van der Waals surface area (Å²) in [5, 5.41) is 8.98. The molecule has 0 spiro atoms. The number of nitrogens with zero attached hydrogens (tertiary/aromatic N) is 2. The lowest BCUT2D eigenvalue weighted by molar-refractivity contribution is -0.142. The monoisotopic (exact) mass is 516 g/mol. The first kappa shape index (κ1) is 25.4. The maximum absolute atomic E-state index is 14.6. The highest BCUT2D eigenvalue weighted by Crippen LogP contribution is 2.36. The number of amides is 1. The third kappa shape index (κ3) is 5.28. The van der Waals surface area contributed by atoms with E-state index in [1.165, 1.54) is 43.5 Å². The third-order valence-electron chi connectivity index (χ3n) is 4.71. The standard InChI is InChI=1S/C21H17ClF4N4O3S/c1-10-14(22)7-8-15(17(10)23)33-20-16(11(2)18(29-30-20)21(24,25)26)19(31)28-12-5-4-6-13(9-12)34(3,27)32/h4-9,27H,1-3H3,(H,28,31). The maximum Gasteiger partial charge on any atom is 0.435 e. The highest BCUT2D eigenvalue weighted by molar-refractivity contribution is 7.91. The Morgan fingerprint density at radius 3 is 2.44 bits per heavy atom. The molecule has 0 radical (unpaired) electrons. The van der Waals surface area contributed by atoms with E-state index in [2.05, 4.69) is 15.5 Å². The van der Waals surface area contributed by atoms with Crippen LogP contribution in [0, 0.1) is 24.4 Å². The Kier molecular flexibility index (Phi) is 6.85. The van der Waals surface area contributed by atoms with Crippen molar-refractivity contribution in [2.75, 3.05) is 11.6 Å². The molecule has 34 heavy (non-hydrogen) atoms. The molecule has 7 nitrogen and oxygen atoms in total. The smallest absolute Gasteiger partial charge is 0.434 e. The van der Waals surface area contributed by atoms with E-state index in [0.29, 0.717) is 0 Å². The van der Waals surface area contributed by atoms with Crippen LogP contribution in [0.5, 0.6) is 11.6 Å². The van der Waals surface area contributed by atoms with Crippen LogP contribution in [-0.4, -0.2) is 26.6 Å². The molecule has 1 unspecified atom stereocenters. The van der Waals surface area contributed by atoms with E-state index in [0.717, 1.165) is 13.0 Å². The number of aromatic nitrogens is 2. The second kappa shape index (κ2) is 9.18. The molecule has 0 saturated carbocycles. The fraction of sp³-hybridized carbons (Fsp3) is 0.190. The Labute approximate surface area is 197 Å². The minimum atomic E-state index is -4.92. The summed E-state index contributed by atoms with van der Waals surface area (Å²) in [6.07, 6.45) is -3.75. The zero-order valence-electron chi connectivity index (χ0n) is 17.9. The van der Waals surface area contributed by atoms with Crippen LogP contribution < -0.4 is 10.1 Å². The molecule has 2 N–H and O–H groups in total. The van der Waals surface area contributed by atoms with Gasteiger partial charge in [-0.1, -0.05) is 17.7 Å². The number of hydrogen-bond acceptors (Lipinski definition) is 6. The Morgan fingerprint density at radius 2 is 1.82 bits per heavy atom. The SMILES string of the molecule is Cc1c(Cl)ccc(Oc2nnc(C(F)(F)F)c(C)c2C(=O)Nc2cccc(S(C)(=N)=O)c2)c1F. The average molecular weight is 517 g/mol. The van der Waals surface area contributed by atoms with Gasteiger partial charge < -0.3 is 10.1 Å². The predicted molar refractivity (Wildman–Crippen MR) is 117 cm³/mol. The fourth-order valence-corrected chi connectivity index (χ4v) is 3.77. The van der Waals surface area contributed by atoms with Gasteiger partial charge in [0.05, 0.1) is 9.73 Å². The van der Waals surface area contributed by atoms with E-state index in [-0.39, 0.29) is 21.2 Å². The highest BCUT2D eigenvalue weighted by Gasteiger charge is 2.38. The van der Waals surface area contributed by atoms with Crippen molar-refractivity contribution < 1.29 is 31.3 Å². The van der Waals surface area contributed by atoms with Crippen molar-refractivity contribution in [1.29, 1.82) is 4.78 Å². The second-order valence-electron chi connectivity index (χ2n) is 7.26. The van der Waals surface area contributed by atoms with Crippen molar-refractivity contribution in [1.82, 2.24) is 10.2 Å². The number of rotatable bonds is 5. The number of nitrogens with one attached hydrogen (secondary N) is 2. The minimum Gasteiger partial charge on any atom is -0.434 e. The number of carbonyl (C=O) groups excluding carboxylic acids is 1. The average Bonchev–Trinajstić information content (AvgIpc) is 2.73. The largest absolute Gasteiger partial charge is 0.435 e. The summed E-state index contributed by atoms with van der Waals surface area (Å²) in [5.41, 5.74) is -2.57. The lowest BCUT2D eigenvalue weighted by atomic mass is 10.1. The number of halogens is 5. The number of benzene rings is 2. The van der Waals surface area contributed by atoms with E-state index in [4.69, 9.17) is 21.1 Å². The van der Waals surface area contributed by atoms with Gasteiger partial charge in [0.1, 0.15) is 5.56 Å². The van der Waals surface area contributed by atoms with Gasteiger partial charge in [0.25, 0.3) is 11.8 Å². The molecule has 180 valence electrons. The molecule has 1 atom stereocenters. The summed E-state index contributed by atoms with van der Waals surface area (Å²) in [6, 6.07) is 7.93. The molecule has 2 aromatic carbocycles. The van der Waals surface area contributed by atoms with E-state index < -0.39 is 56.1 Å². The van der Waals surface area contributed by atoms with Crippen molar-refractivity contribution in [2.45, 2.75) is 24.9 Å². The van der Waals surface area contributed by atoms with Crippen LogP contribution in [-0.2, 0) is 15.9 Å². The summed E-state index contributed by atoms with van der Waals surface area (Å²) in [4.78, 5) is 13.1. The van der Waals surface area contributed by atoms with E-state index in [9.17, 15) is 26.6 Å². The molecule has 1 aromatic heterocycles. The van der Waals surface area contributed by atoms with Crippen molar-refractivity contribution in [2.24, 2.45) is 0 Å². The van der Waals surface area contributed by atoms with Crippen molar-refractivity contribution >= 4 is 32.9 Å². The number of hydrogen-bond donors (Lipinski definition) is 2. The van der Waals surface area contributed by atoms with Crippen LogP contribution in [0.2, 0.25) is 5.02 Å². The normalized spacial score (nSPS) is 13.3. The molecule has 0 aliphatic heterocycles. The molecule has 0 aliphatic rings. The molecule has 13 heteroatoms. The first-order valence-electron chi connectivity index (χ1n) is 9.42. The maximum atomic E-state index is 14.6. The van der Waals surface area contributed by atoms with Crippen LogP contribution in [0.1, 0.15) is 27.2 Å². The minimum absolute atomic E-state index is 0.0251. The summed E-state index contributed by atoms with van der Waals surface area (Å²) >= 11 is 5.86. The van der Waals surface area contributed by atoms with Gasteiger partial charge in [-0.3, -0.25) is 4.79 Å². The number of alkyl halides is 3. The molecule has 0 aliphatic carbocycles. The Morgan fingerprint density at radius 1 is 1.15 bits per heavy atom. The number of anilines is 1. The van der Waals surface area contributed by atoms with E-state index in [1.807, 2.05) is 0 Å². The first-order valence-corrected chi connectivity index (χ1v) is 11.8. The summed E-state index contributed by atoms with van der Waals surface area (Å²) < 4.78 is 79.8. The molecular weight excluding hydrogens is 500 g/mol. The molecule has 1 heterocycles. The predicted octanol–water partition coefficient (Wildman–Crippen LogP) is 5.98. The van der Waals surface area contributed by atoms with Gasteiger partial charge in [0, 0.05) is 27.4 Å². The summed E-state index contributed by atoms with van der Waals surface area (Å²) in [5.74, 6) is -3.05. The number of ether oxygens (including phenoxy) is 1. The van der Waals surface area contributed by atoms with Crippen molar-refractivity contribution in [3.63, 3.8) is 0 Å². The zero-order chi connectivity index (χ0) is 25.4. The molecule has 3 aromatic rings. The van der Waals surface area contributed by atoms with E-state index >= 15 is 0 Å². The Bertz CT molecular complexity index is 1400. The Balaban J connectivity index is 2.10. The van der Waals surface area contributed by atoms with Gasteiger partial charge in [0.2, 0.25) is 0 Å². The van der Waals surface area contributed by atoms with Crippen LogP contribution in [0.15, 0.2) is 41.3 Å². The fourth-order valence-electron chi connectivity index (χ4n) is 2.94. The third-order valence-corrected chi connectivity index (χ3v) is 6.28. The second-order valence-corrected chi connectivity index (χ2v) is 9.83. The van der Waals surface area contributed by atoms with Gasteiger partial charge in [-0.2, -0.15) is 13.2 Å². The van der Waals surface area contributed by atoms with Gasteiger partial charge in [0.15, 0.2) is 17.3 Å². The van der Waals surface area contributed by atoms with Gasteiger partial charge in [-0.15, -0.1) is 10.2 Å². The molecule has 1 amide bonds. The lowest BCUT2D eigenvalue weighted by Gasteiger charge is -2.16. The molecule has 0 fully saturated rings. The van der Waals surface area contributed by atoms with Crippen molar-refractivity contribution in [3.8, 4) is 11.6 Å². The number of carbonyl (C=O) groups is 1. The molecular formula is C21H17ClF4N4O3S. The van der Waals surface area contributed by atoms with Crippen LogP contribution in [0.4, 0.5) is 23.2 Å². The quantitative estimate of drug-likeness (QED) is 0.406. The Hall–Kier alpha value is -3.25. The lowest BCUT2D eigenvalue weighted by Crippen LogP contribution is -2.21.